The van der Waals surface area contributed by atoms with Crippen molar-refractivity contribution in [1.82, 2.24) is 4.90 Å². The van der Waals surface area contributed by atoms with Crippen LogP contribution in [0.5, 0.6) is 0 Å². The Morgan fingerprint density at radius 3 is 2.69 bits per heavy atom. The standard InChI is InChI=1S/C8H13NO3.Na.H/c1-2-7(10)9-5-3-4-6(9)8(11)12;;/h6H,2-5H2,1H3,(H,11,12);;/q;+1;-1/t6-;;/m0../s1. The Hall–Kier alpha value is -0.0600. The van der Waals surface area contributed by atoms with E-state index in [9.17, 15) is 9.59 Å². The molecule has 70 valence electrons. The number of carboxylic acid groups (broad SMARTS) is 1. The quantitative estimate of drug-likeness (QED) is 0.499. The van der Waals surface area contributed by atoms with Crippen molar-refractivity contribution in [2.45, 2.75) is 32.2 Å². The van der Waals surface area contributed by atoms with Gasteiger partial charge >= 0.3 is 35.5 Å². The normalized spacial score (nSPS) is 21.0. The third-order valence-electron chi connectivity index (χ3n) is 2.16. The van der Waals surface area contributed by atoms with Gasteiger partial charge in [-0.1, -0.05) is 6.92 Å². The van der Waals surface area contributed by atoms with Crippen molar-refractivity contribution < 1.29 is 45.7 Å². The zero-order valence-electron chi connectivity index (χ0n) is 9.12. The van der Waals surface area contributed by atoms with Crippen LogP contribution in [0.1, 0.15) is 27.6 Å². The van der Waals surface area contributed by atoms with Gasteiger partial charge in [-0.3, -0.25) is 4.79 Å². The Balaban J connectivity index is 0. The maximum Gasteiger partial charge on any atom is 1.00 e. The second-order valence-electron chi connectivity index (χ2n) is 2.94. The number of carbonyl (C=O) groups is 2. The van der Waals surface area contributed by atoms with Crippen LogP contribution in [0.25, 0.3) is 0 Å². The van der Waals surface area contributed by atoms with Crippen molar-refractivity contribution in [3.05, 3.63) is 0 Å². The van der Waals surface area contributed by atoms with Crippen LogP contribution in [-0.4, -0.2) is 34.5 Å². The van der Waals surface area contributed by atoms with Crippen molar-refractivity contribution in [3.8, 4) is 0 Å². The van der Waals surface area contributed by atoms with Gasteiger partial charge in [-0.15, -0.1) is 0 Å². The first-order valence-corrected chi connectivity index (χ1v) is 4.19. The van der Waals surface area contributed by atoms with Crippen molar-refractivity contribution in [3.63, 3.8) is 0 Å². The largest absolute Gasteiger partial charge is 1.00 e. The molecule has 0 aliphatic carbocycles. The minimum Gasteiger partial charge on any atom is -1.00 e. The molecule has 1 rings (SSSR count). The monoisotopic (exact) mass is 195 g/mol. The van der Waals surface area contributed by atoms with Crippen molar-refractivity contribution in [1.29, 1.82) is 0 Å². The molecule has 1 aliphatic rings. The van der Waals surface area contributed by atoms with Crippen LogP contribution in [0.3, 0.4) is 0 Å². The molecule has 1 fully saturated rings. The SMILES string of the molecule is CCC(=O)N1CCC[C@H]1C(=O)O.[H-].[Na+]. The molecule has 1 heterocycles. The van der Waals surface area contributed by atoms with Gasteiger partial charge < -0.3 is 11.4 Å². The first-order valence-electron chi connectivity index (χ1n) is 4.19. The average molecular weight is 195 g/mol. The zero-order valence-corrected chi connectivity index (χ0v) is 10.1. The van der Waals surface area contributed by atoms with E-state index >= 15 is 0 Å². The first kappa shape index (κ1) is 12.9. The topological polar surface area (TPSA) is 57.6 Å². The molecule has 0 aromatic carbocycles. The summed E-state index contributed by atoms with van der Waals surface area (Å²) in [6.07, 6.45) is 1.80. The van der Waals surface area contributed by atoms with E-state index in [1.165, 1.54) is 4.90 Å². The maximum absolute atomic E-state index is 11.2. The van der Waals surface area contributed by atoms with Gasteiger partial charge in [0.2, 0.25) is 5.91 Å². The summed E-state index contributed by atoms with van der Waals surface area (Å²) in [5.41, 5.74) is 0. The van der Waals surface area contributed by atoms with Gasteiger partial charge in [-0.05, 0) is 12.8 Å². The second kappa shape index (κ2) is 5.62. The molecular weight excluding hydrogens is 181 g/mol. The maximum atomic E-state index is 11.2. The van der Waals surface area contributed by atoms with E-state index in [4.69, 9.17) is 5.11 Å². The third-order valence-corrected chi connectivity index (χ3v) is 2.16. The number of rotatable bonds is 2. The Morgan fingerprint density at radius 2 is 2.23 bits per heavy atom. The third kappa shape index (κ3) is 2.97. The number of nitrogens with zero attached hydrogens (tertiary/aromatic N) is 1. The number of carbonyl (C=O) groups excluding carboxylic acids is 1. The van der Waals surface area contributed by atoms with Crippen LogP contribution in [0.4, 0.5) is 0 Å². The molecule has 0 aromatic heterocycles. The second-order valence-corrected chi connectivity index (χ2v) is 2.94. The molecule has 1 N–H and O–H groups in total. The number of hydrogen-bond donors (Lipinski definition) is 1. The molecule has 5 heteroatoms. The summed E-state index contributed by atoms with van der Waals surface area (Å²) in [5.74, 6) is -0.936. The van der Waals surface area contributed by atoms with E-state index in [1.54, 1.807) is 6.92 Å². The molecule has 0 radical (unpaired) electrons. The van der Waals surface area contributed by atoms with Crippen LogP contribution in [-0.2, 0) is 9.59 Å². The predicted molar refractivity (Wildman–Crippen MR) is 43.8 cm³/mol. The fourth-order valence-corrected chi connectivity index (χ4v) is 1.53. The van der Waals surface area contributed by atoms with Crippen LogP contribution >= 0.6 is 0 Å². The zero-order chi connectivity index (χ0) is 9.14. The summed E-state index contributed by atoms with van der Waals surface area (Å²) in [7, 11) is 0. The van der Waals surface area contributed by atoms with Crippen LogP contribution in [0, 0.1) is 0 Å². The van der Waals surface area contributed by atoms with Gasteiger partial charge in [0.25, 0.3) is 0 Å². The van der Waals surface area contributed by atoms with Crippen LogP contribution < -0.4 is 29.6 Å². The van der Waals surface area contributed by atoms with Gasteiger partial charge in [0.15, 0.2) is 0 Å². The molecule has 0 unspecified atom stereocenters. The summed E-state index contributed by atoms with van der Waals surface area (Å²) in [5, 5.41) is 8.73. The Labute approximate surface area is 101 Å². The summed E-state index contributed by atoms with van der Waals surface area (Å²) in [6.45, 7) is 2.35. The average Bonchev–Trinajstić information content (AvgIpc) is 2.50. The summed E-state index contributed by atoms with van der Waals surface area (Å²) < 4.78 is 0. The Morgan fingerprint density at radius 1 is 1.62 bits per heavy atom. The predicted octanol–water partition coefficient (Wildman–Crippen LogP) is -2.41. The van der Waals surface area contributed by atoms with Crippen molar-refractivity contribution >= 4 is 11.9 Å². The van der Waals surface area contributed by atoms with Gasteiger partial charge in [0.05, 0.1) is 0 Å². The minimum absolute atomic E-state index is 0. The first-order chi connectivity index (χ1) is 5.66. The van der Waals surface area contributed by atoms with Crippen LogP contribution in [0.15, 0.2) is 0 Å². The van der Waals surface area contributed by atoms with Gasteiger partial charge in [-0.25, -0.2) is 4.79 Å². The molecule has 4 nitrogen and oxygen atoms in total. The number of likely N-dealkylation sites (tertiary alicyclic amines) is 1. The number of carboxylic acids is 1. The molecule has 0 saturated carbocycles. The van der Waals surface area contributed by atoms with E-state index in [1.807, 2.05) is 0 Å². The fourth-order valence-electron chi connectivity index (χ4n) is 1.53. The molecule has 1 atom stereocenters. The van der Waals surface area contributed by atoms with Crippen LogP contribution in [0.2, 0.25) is 0 Å². The molecule has 1 saturated heterocycles. The Bertz CT molecular complexity index is 213. The number of aliphatic carboxylic acids is 1. The van der Waals surface area contributed by atoms with Gasteiger partial charge in [0, 0.05) is 13.0 Å². The molecule has 1 aliphatic heterocycles. The van der Waals surface area contributed by atoms with Gasteiger partial charge in [-0.2, -0.15) is 0 Å². The molecule has 0 aromatic rings. The van der Waals surface area contributed by atoms with E-state index in [-0.39, 0.29) is 36.9 Å². The fraction of sp³-hybridized carbons (Fsp3) is 0.750. The van der Waals surface area contributed by atoms with E-state index in [0.717, 1.165) is 6.42 Å². The van der Waals surface area contributed by atoms with E-state index in [0.29, 0.717) is 19.4 Å². The van der Waals surface area contributed by atoms with Crippen molar-refractivity contribution in [2.75, 3.05) is 6.54 Å². The molecular formula is C8H14NNaO3. The Kier molecular flexibility index (Phi) is 5.60. The molecule has 1 amide bonds. The summed E-state index contributed by atoms with van der Waals surface area (Å²) in [6, 6.07) is -0.572. The number of hydrogen-bond acceptors (Lipinski definition) is 2. The summed E-state index contributed by atoms with van der Waals surface area (Å²) in [4.78, 5) is 23.3. The minimum atomic E-state index is -0.880. The number of amides is 1. The van der Waals surface area contributed by atoms with Crippen molar-refractivity contribution in [2.24, 2.45) is 0 Å². The van der Waals surface area contributed by atoms with Gasteiger partial charge in [0.1, 0.15) is 6.04 Å². The molecule has 0 spiro atoms. The molecule has 0 bridgehead atoms. The van der Waals surface area contributed by atoms with E-state index < -0.39 is 12.0 Å². The summed E-state index contributed by atoms with van der Waals surface area (Å²) >= 11 is 0. The smallest absolute Gasteiger partial charge is 1.00 e. The molecule has 13 heavy (non-hydrogen) atoms. The van der Waals surface area contributed by atoms with E-state index in [2.05, 4.69) is 0 Å².